The summed E-state index contributed by atoms with van der Waals surface area (Å²) in [6.07, 6.45) is 0.251. The fourth-order valence-electron chi connectivity index (χ4n) is 3.05. The molecule has 1 saturated carbocycles. The van der Waals surface area contributed by atoms with Gasteiger partial charge < -0.3 is 14.6 Å². The number of Topliss-reactive ketones (excluding diaryl/α,β-unsaturated/α-hetero) is 1. The molecule has 1 aliphatic heterocycles. The number of aliphatic hydroxyl groups is 1. The third-order valence-electron chi connectivity index (χ3n) is 3.99. The van der Waals surface area contributed by atoms with Crippen LogP contribution in [0.5, 0.6) is 5.75 Å². The van der Waals surface area contributed by atoms with Crippen LogP contribution in [0, 0.1) is 0 Å². The van der Waals surface area contributed by atoms with Crippen molar-refractivity contribution in [2.45, 2.75) is 44.0 Å². The molecule has 1 heterocycles. The van der Waals surface area contributed by atoms with Gasteiger partial charge in [0.25, 0.3) is 0 Å². The van der Waals surface area contributed by atoms with Crippen molar-refractivity contribution in [2.75, 3.05) is 0 Å². The van der Waals surface area contributed by atoms with Crippen molar-refractivity contribution in [1.82, 2.24) is 0 Å². The van der Waals surface area contributed by atoms with E-state index in [-0.39, 0.29) is 0 Å². The highest BCUT2D eigenvalue weighted by Gasteiger charge is 2.58. The van der Waals surface area contributed by atoms with Crippen molar-refractivity contribution in [3.8, 4) is 5.75 Å². The highest BCUT2D eigenvalue weighted by atomic mass is 16.6. The van der Waals surface area contributed by atoms with Gasteiger partial charge in [0.1, 0.15) is 18.0 Å². The molecule has 106 valence electrons. The van der Waals surface area contributed by atoms with Gasteiger partial charge in [0.2, 0.25) is 11.4 Å². The number of carbonyl (C=O) groups is 2. The Balaban J connectivity index is 2.04. The molecule has 5 heteroatoms. The molecule has 2 aliphatic rings. The van der Waals surface area contributed by atoms with Crippen LogP contribution in [0.1, 0.15) is 36.5 Å². The van der Waals surface area contributed by atoms with Crippen molar-refractivity contribution in [1.29, 1.82) is 0 Å². The zero-order valence-electron chi connectivity index (χ0n) is 11.2. The SMILES string of the molecule is CC(=O)O[C@@H]1CCC[C@@H]2Oc3ccccc3C(=O)[C@@]21O. The van der Waals surface area contributed by atoms with E-state index in [1.54, 1.807) is 24.3 Å². The summed E-state index contributed by atoms with van der Waals surface area (Å²) in [4.78, 5) is 23.8. The van der Waals surface area contributed by atoms with Crippen molar-refractivity contribution < 1.29 is 24.2 Å². The molecule has 1 aliphatic carbocycles. The first-order valence-electron chi connectivity index (χ1n) is 6.73. The van der Waals surface area contributed by atoms with Gasteiger partial charge in [-0.15, -0.1) is 0 Å². The lowest BCUT2D eigenvalue weighted by Gasteiger charge is -2.46. The number of benzene rings is 1. The number of rotatable bonds is 1. The number of hydrogen-bond donors (Lipinski definition) is 1. The molecule has 0 spiro atoms. The molecule has 3 atom stereocenters. The number of esters is 1. The molecule has 0 radical (unpaired) electrons. The van der Waals surface area contributed by atoms with Gasteiger partial charge in [-0.1, -0.05) is 12.1 Å². The van der Waals surface area contributed by atoms with Crippen LogP contribution >= 0.6 is 0 Å². The van der Waals surface area contributed by atoms with E-state index in [9.17, 15) is 14.7 Å². The summed E-state index contributed by atoms with van der Waals surface area (Å²) in [5.74, 6) is -0.443. The van der Waals surface area contributed by atoms with Crippen LogP contribution in [0.15, 0.2) is 24.3 Å². The van der Waals surface area contributed by atoms with Crippen molar-refractivity contribution in [3.05, 3.63) is 29.8 Å². The Bertz CT molecular complexity index is 567. The first kappa shape index (κ1) is 13.1. The molecule has 0 amide bonds. The monoisotopic (exact) mass is 276 g/mol. The Kier molecular flexibility index (Phi) is 3.01. The lowest BCUT2D eigenvalue weighted by molar-refractivity contribution is -0.176. The second kappa shape index (κ2) is 4.59. The van der Waals surface area contributed by atoms with Gasteiger partial charge >= 0.3 is 5.97 Å². The number of ketones is 1. The minimum Gasteiger partial charge on any atom is -0.486 e. The van der Waals surface area contributed by atoms with Crippen LogP contribution in [0.2, 0.25) is 0 Å². The Morgan fingerprint density at radius 1 is 1.40 bits per heavy atom. The van der Waals surface area contributed by atoms with E-state index in [0.717, 1.165) is 6.42 Å². The third-order valence-corrected chi connectivity index (χ3v) is 3.99. The van der Waals surface area contributed by atoms with Crippen LogP contribution < -0.4 is 4.74 Å². The predicted molar refractivity (Wildman–Crippen MR) is 69.5 cm³/mol. The van der Waals surface area contributed by atoms with Gasteiger partial charge in [0.15, 0.2) is 0 Å². The molecule has 0 saturated heterocycles. The van der Waals surface area contributed by atoms with E-state index in [0.29, 0.717) is 24.2 Å². The standard InChI is InChI=1S/C15H16O5/c1-9(16)19-12-7-4-8-13-15(12,18)14(17)10-5-2-3-6-11(10)20-13/h2-3,5-6,12-13,18H,4,7-8H2,1H3/t12-,13+,15+/m1/s1. The molecule has 1 aromatic rings. The van der Waals surface area contributed by atoms with Gasteiger partial charge in [-0.25, -0.2) is 0 Å². The molecule has 20 heavy (non-hydrogen) atoms. The molecule has 5 nitrogen and oxygen atoms in total. The van der Waals surface area contributed by atoms with Crippen LogP contribution in [-0.4, -0.2) is 34.7 Å². The lowest BCUT2D eigenvalue weighted by Crippen LogP contribution is -2.65. The Labute approximate surface area is 116 Å². The summed E-state index contributed by atoms with van der Waals surface area (Å²) in [7, 11) is 0. The average molecular weight is 276 g/mol. The van der Waals surface area contributed by atoms with E-state index in [1.165, 1.54) is 6.92 Å². The minimum atomic E-state index is -1.78. The largest absolute Gasteiger partial charge is 0.486 e. The molecule has 1 aromatic carbocycles. The van der Waals surface area contributed by atoms with E-state index in [4.69, 9.17) is 9.47 Å². The van der Waals surface area contributed by atoms with Crippen LogP contribution in [0.3, 0.4) is 0 Å². The maximum absolute atomic E-state index is 12.6. The third kappa shape index (κ3) is 1.81. The predicted octanol–water partition coefficient (Wildman–Crippen LogP) is 1.48. The summed E-state index contributed by atoms with van der Waals surface area (Å²) >= 11 is 0. The summed E-state index contributed by atoms with van der Waals surface area (Å²) in [5, 5.41) is 10.9. The Hall–Kier alpha value is -1.88. The zero-order chi connectivity index (χ0) is 14.3. The molecule has 0 bridgehead atoms. The molecule has 1 fully saturated rings. The second-order valence-electron chi connectivity index (χ2n) is 5.29. The maximum Gasteiger partial charge on any atom is 0.303 e. The van der Waals surface area contributed by atoms with Crippen molar-refractivity contribution in [2.24, 2.45) is 0 Å². The highest BCUT2D eigenvalue weighted by Crippen LogP contribution is 2.42. The summed E-state index contributed by atoms with van der Waals surface area (Å²) in [6.45, 7) is 1.27. The summed E-state index contributed by atoms with van der Waals surface area (Å²) in [6, 6.07) is 6.82. The Morgan fingerprint density at radius 2 is 2.15 bits per heavy atom. The van der Waals surface area contributed by atoms with Gasteiger partial charge in [0.05, 0.1) is 5.56 Å². The van der Waals surface area contributed by atoms with Gasteiger partial charge in [-0.05, 0) is 31.4 Å². The molecule has 1 N–H and O–H groups in total. The molecule has 0 aromatic heterocycles. The average Bonchev–Trinajstić information content (AvgIpc) is 2.42. The van der Waals surface area contributed by atoms with Crippen LogP contribution in [0.25, 0.3) is 0 Å². The number of hydrogen-bond acceptors (Lipinski definition) is 5. The lowest BCUT2D eigenvalue weighted by atomic mass is 9.73. The van der Waals surface area contributed by atoms with Crippen LogP contribution in [-0.2, 0) is 9.53 Å². The number of fused-ring (bicyclic) bond motifs is 2. The first-order chi connectivity index (χ1) is 9.53. The zero-order valence-corrected chi connectivity index (χ0v) is 11.2. The van der Waals surface area contributed by atoms with E-state index in [2.05, 4.69) is 0 Å². The van der Waals surface area contributed by atoms with Gasteiger partial charge in [-0.2, -0.15) is 0 Å². The Morgan fingerprint density at radius 3 is 2.90 bits per heavy atom. The quantitative estimate of drug-likeness (QED) is 0.786. The number of para-hydroxylation sites is 1. The van der Waals surface area contributed by atoms with E-state index < -0.39 is 29.6 Å². The molecular formula is C15H16O5. The molecular weight excluding hydrogens is 260 g/mol. The van der Waals surface area contributed by atoms with Crippen LogP contribution in [0.4, 0.5) is 0 Å². The number of ether oxygens (including phenoxy) is 2. The highest BCUT2D eigenvalue weighted by molar-refractivity contribution is 6.06. The summed E-state index contributed by atoms with van der Waals surface area (Å²) in [5.41, 5.74) is -1.44. The molecule has 3 rings (SSSR count). The van der Waals surface area contributed by atoms with Crippen molar-refractivity contribution >= 4 is 11.8 Å². The second-order valence-corrected chi connectivity index (χ2v) is 5.29. The fraction of sp³-hybridized carbons (Fsp3) is 0.467. The smallest absolute Gasteiger partial charge is 0.303 e. The first-order valence-corrected chi connectivity index (χ1v) is 6.73. The van der Waals surface area contributed by atoms with E-state index in [1.807, 2.05) is 0 Å². The molecule has 0 unspecified atom stereocenters. The topological polar surface area (TPSA) is 72.8 Å². The van der Waals surface area contributed by atoms with Gasteiger partial charge in [-0.3, -0.25) is 9.59 Å². The van der Waals surface area contributed by atoms with E-state index >= 15 is 0 Å². The minimum absolute atomic E-state index is 0.338. The fourth-order valence-corrected chi connectivity index (χ4v) is 3.05. The van der Waals surface area contributed by atoms with Gasteiger partial charge in [0, 0.05) is 6.92 Å². The maximum atomic E-state index is 12.6. The normalized spacial score (nSPS) is 31.8. The number of carbonyl (C=O) groups excluding carboxylic acids is 2. The van der Waals surface area contributed by atoms with Crippen molar-refractivity contribution in [3.63, 3.8) is 0 Å². The summed E-state index contributed by atoms with van der Waals surface area (Å²) < 4.78 is 10.9.